The van der Waals surface area contributed by atoms with E-state index in [0.29, 0.717) is 24.2 Å². The lowest BCUT2D eigenvalue weighted by molar-refractivity contribution is -0.919. The van der Waals surface area contributed by atoms with Crippen molar-refractivity contribution in [1.29, 1.82) is 0 Å². The quantitative estimate of drug-likeness (QED) is 0.315. The SMILES string of the molecule is CC(=O)NC1CCC(C[NH+]2CCC[C@H]2C2NC(C3CC[NH2+]C(N4CCOCC4)C3)NO2)CC1. The summed E-state index contributed by atoms with van der Waals surface area (Å²) in [5.41, 5.74) is 3.40. The summed E-state index contributed by atoms with van der Waals surface area (Å²) in [4.78, 5) is 21.9. The van der Waals surface area contributed by atoms with Gasteiger partial charge < -0.3 is 20.3 Å². The van der Waals surface area contributed by atoms with Crippen LogP contribution in [0.15, 0.2) is 0 Å². The van der Waals surface area contributed by atoms with Gasteiger partial charge in [-0.1, -0.05) is 0 Å². The molecule has 188 valence electrons. The van der Waals surface area contributed by atoms with Crippen LogP contribution in [0.2, 0.25) is 0 Å². The Hall–Kier alpha value is -0.810. The Balaban J connectivity index is 1.09. The van der Waals surface area contributed by atoms with Crippen LogP contribution in [0.5, 0.6) is 0 Å². The first-order valence-electron chi connectivity index (χ1n) is 13.6. The standard InChI is InChI=1S/C24H44N6O3/c1-17(31)26-20-6-4-18(5-7-20)16-30-10-2-3-21(30)24-27-23(28-33-24)19-8-9-25-22(15-19)29-11-13-32-14-12-29/h18-25,27-28H,2-16H2,1H3,(H,26,31)/p+2/t18?,19?,20?,21-,22?,23?,24?/m0/s1. The van der Waals surface area contributed by atoms with Crippen LogP contribution in [0.3, 0.4) is 0 Å². The summed E-state index contributed by atoms with van der Waals surface area (Å²) in [6.45, 7) is 9.21. The van der Waals surface area contributed by atoms with E-state index in [9.17, 15) is 4.79 Å². The number of carbonyl (C=O) groups excluding carboxylic acids is 1. The minimum atomic E-state index is 0.113. The predicted octanol–water partition coefficient (Wildman–Crippen LogP) is -1.86. The molecule has 4 saturated heterocycles. The lowest BCUT2D eigenvalue weighted by atomic mass is 9.85. The Morgan fingerprint density at radius 1 is 1.15 bits per heavy atom. The van der Waals surface area contributed by atoms with Gasteiger partial charge in [-0.25, -0.2) is 4.90 Å². The van der Waals surface area contributed by atoms with Gasteiger partial charge in [0.1, 0.15) is 12.2 Å². The van der Waals surface area contributed by atoms with E-state index in [1.54, 1.807) is 11.8 Å². The van der Waals surface area contributed by atoms with Gasteiger partial charge in [-0.3, -0.25) is 14.9 Å². The highest BCUT2D eigenvalue weighted by Crippen LogP contribution is 2.25. The summed E-state index contributed by atoms with van der Waals surface area (Å²) < 4.78 is 5.55. The van der Waals surface area contributed by atoms with Crippen molar-refractivity contribution in [3.63, 3.8) is 0 Å². The van der Waals surface area contributed by atoms with Crippen LogP contribution >= 0.6 is 0 Å². The van der Waals surface area contributed by atoms with Gasteiger partial charge in [-0.2, -0.15) is 5.48 Å². The van der Waals surface area contributed by atoms with Gasteiger partial charge in [0, 0.05) is 63.6 Å². The van der Waals surface area contributed by atoms with Crippen LogP contribution in [0, 0.1) is 11.8 Å². The summed E-state index contributed by atoms with van der Waals surface area (Å²) in [5.74, 6) is 1.50. The molecule has 1 aliphatic carbocycles. The Bertz CT molecular complexity index is 640. The van der Waals surface area contributed by atoms with E-state index in [0.717, 1.165) is 45.1 Å². The van der Waals surface area contributed by atoms with Crippen molar-refractivity contribution in [1.82, 2.24) is 21.0 Å². The topological polar surface area (TPSA) is 95.9 Å². The summed E-state index contributed by atoms with van der Waals surface area (Å²) >= 11 is 0. The van der Waals surface area contributed by atoms with E-state index in [2.05, 4.69) is 26.3 Å². The lowest BCUT2D eigenvalue weighted by Crippen LogP contribution is -3.15. The maximum absolute atomic E-state index is 11.4. The number of likely N-dealkylation sites (tertiary alicyclic amines) is 1. The number of hydrogen-bond acceptors (Lipinski definition) is 6. The molecule has 0 spiro atoms. The Morgan fingerprint density at radius 3 is 2.76 bits per heavy atom. The maximum atomic E-state index is 11.4. The summed E-state index contributed by atoms with van der Waals surface area (Å²) in [6, 6.07) is 0.933. The Kier molecular flexibility index (Phi) is 8.18. The molecule has 33 heavy (non-hydrogen) atoms. The molecule has 0 aromatic carbocycles. The van der Waals surface area contributed by atoms with E-state index in [-0.39, 0.29) is 18.3 Å². The molecule has 5 rings (SSSR count). The number of amides is 1. The fraction of sp³-hybridized carbons (Fsp3) is 0.958. The van der Waals surface area contributed by atoms with Gasteiger partial charge in [-0.05, 0) is 25.7 Å². The van der Waals surface area contributed by atoms with E-state index >= 15 is 0 Å². The maximum Gasteiger partial charge on any atom is 0.217 e. The number of nitrogens with zero attached hydrogens (tertiary/aromatic N) is 1. The summed E-state index contributed by atoms with van der Waals surface area (Å²) in [5, 5.41) is 9.50. The van der Waals surface area contributed by atoms with Gasteiger partial charge in [-0.15, -0.1) is 0 Å². The van der Waals surface area contributed by atoms with Crippen molar-refractivity contribution in [2.75, 3.05) is 45.9 Å². The second-order valence-electron chi connectivity index (χ2n) is 11.1. The lowest BCUT2D eigenvalue weighted by Gasteiger charge is -2.38. The highest BCUT2D eigenvalue weighted by Gasteiger charge is 2.45. The molecule has 0 aromatic heterocycles. The molecule has 4 heterocycles. The van der Waals surface area contributed by atoms with E-state index < -0.39 is 0 Å². The molecule has 9 heteroatoms. The van der Waals surface area contributed by atoms with Crippen LogP contribution in [-0.2, 0) is 14.4 Å². The summed E-state index contributed by atoms with van der Waals surface area (Å²) in [7, 11) is 0. The highest BCUT2D eigenvalue weighted by atomic mass is 16.7. The Labute approximate surface area is 198 Å². The van der Waals surface area contributed by atoms with E-state index in [1.165, 1.54) is 58.2 Å². The molecule has 5 fully saturated rings. The second kappa shape index (κ2) is 11.3. The third kappa shape index (κ3) is 6.07. The number of piperidine rings is 1. The minimum Gasteiger partial charge on any atom is -0.379 e. The van der Waals surface area contributed by atoms with Crippen molar-refractivity contribution in [3.8, 4) is 0 Å². The molecule has 4 aliphatic heterocycles. The zero-order valence-electron chi connectivity index (χ0n) is 20.4. The van der Waals surface area contributed by atoms with Crippen molar-refractivity contribution >= 4 is 5.91 Å². The van der Waals surface area contributed by atoms with Crippen molar-refractivity contribution in [2.45, 2.75) is 88.9 Å². The fourth-order valence-corrected chi connectivity index (χ4v) is 7.09. The molecule has 5 unspecified atom stereocenters. The molecule has 1 saturated carbocycles. The largest absolute Gasteiger partial charge is 0.379 e. The molecule has 0 bridgehead atoms. The molecule has 5 aliphatic rings. The number of nitrogens with two attached hydrogens (primary N) is 1. The van der Waals surface area contributed by atoms with Gasteiger partial charge in [0.05, 0.1) is 39.0 Å². The smallest absolute Gasteiger partial charge is 0.217 e. The molecular formula is C24H46N6O3+2. The monoisotopic (exact) mass is 466 g/mol. The van der Waals surface area contributed by atoms with Crippen LogP contribution < -0.4 is 26.3 Å². The normalized spacial score (nSPS) is 42.9. The average Bonchev–Trinajstić information content (AvgIpc) is 3.50. The van der Waals surface area contributed by atoms with Crippen LogP contribution in [-0.4, -0.2) is 87.4 Å². The number of carbonyl (C=O) groups is 1. The molecule has 0 radical (unpaired) electrons. The van der Waals surface area contributed by atoms with Crippen LogP contribution in [0.1, 0.15) is 58.3 Å². The van der Waals surface area contributed by atoms with Crippen molar-refractivity contribution < 1.29 is 24.6 Å². The molecule has 9 nitrogen and oxygen atoms in total. The first-order valence-corrected chi connectivity index (χ1v) is 13.6. The highest BCUT2D eigenvalue weighted by molar-refractivity contribution is 5.73. The number of quaternary nitrogens is 2. The number of morpholine rings is 1. The van der Waals surface area contributed by atoms with Gasteiger partial charge in [0.2, 0.25) is 5.91 Å². The van der Waals surface area contributed by atoms with Gasteiger partial charge in [0.25, 0.3) is 0 Å². The zero-order chi connectivity index (χ0) is 22.6. The molecule has 1 amide bonds. The third-order valence-electron chi connectivity index (χ3n) is 8.88. The molecular weight excluding hydrogens is 420 g/mol. The fourth-order valence-electron chi connectivity index (χ4n) is 7.09. The summed E-state index contributed by atoms with van der Waals surface area (Å²) in [6.07, 6.45) is 10.7. The number of rotatable bonds is 6. The molecule has 6 N–H and O–H groups in total. The zero-order valence-corrected chi connectivity index (χ0v) is 20.4. The number of ether oxygens (including phenoxy) is 1. The van der Waals surface area contributed by atoms with E-state index in [1.807, 2.05) is 0 Å². The minimum absolute atomic E-state index is 0.113. The Morgan fingerprint density at radius 2 is 1.97 bits per heavy atom. The first-order chi connectivity index (χ1) is 16.2. The molecule has 6 atom stereocenters. The van der Waals surface area contributed by atoms with E-state index in [4.69, 9.17) is 9.57 Å². The van der Waals surface area contributed by atoms with Crippen molar-refractivity contribution in [2.24, 2.45) is 11.8 Å². The number of nitrogens with one attached hydrogen (secondary N) is 4. The van der Waals surface area contributed by atoms with Gasteiger partial charge in [0.15, 0.2) is 6.23 Å². The van der Waals surface area contributed by atoms with Crippen molar-refractivity contribution in [3.05, 3.63) is 0 Å². The van der Waals surface area contributed by atoms with Crippen LogP contribution in [0.4, 0.5) is 0 Å². The number of hydrogen-bond donors (Lipinski definition) is 5. The average molecular weight is 467 g/mol. The van der Waals surface area contributed by atoms with Gasteiger partial charge >= 0.3 is 0 Å². The van der Waals surface area contributed by atoms with Crippen LogP contribution in [0.25, 0.3) is 0 Å². The second-order valence-corrected chi connectivity index (χ2v) is 11.1. The third-order valence-corrected chi connectivity index (χ3v) is 8.88. The number of hydroxylamine groups is 1. The molecule has 0 aromatic rings. The predicted molar refractivity (Wildman–Crippen MR) is 124 cm³/mol. The first kappa shape index (κ1) is 23.9.